The van der Waals surface area contributed by atoms with Gasteiger partial charge in [-0.05, 0) is 0 Å². The van der Waals surface area contributed by atoms with Gasteiger partial charge >= 0.3 is 23.5 Å². The van der Waals surface area contributed by atoms with Crippen molar-refractivity contribution in [1.82, 2.24) is 30.2 Å². The summed E-state index contributed by atoms with van der Waals surface area (Å²) in [4.78, 5) is 98.9. The van der Waals surface area contributed by atoms with Crippen LogP contribution < -0.4 is 16.4 Å². The number of carbonyl (C=O) groups excluding carboxylic acids is 4. The quantitative estimate of drug-likeness (QED) is 0.0400. The number of fused-ring (bicyclic) bond motifs is 1. The first kappa shape index (κ1) is 47.6. The molecule has 316 valence electrons. The van der Waals surface area contributed by atoms with Crippen molar-refractivity contribution < 1.29 is 85.3 Å². The minimum atomic E-state index is -5.58. The summed E-state index contributed by atoms with van der Waals surface area (Å²) >= 11 is 0.895. The number of rotatable bonds is 22. The van der Waals surface area contributed by atoms with Crippen molar-refractivity contribution in [2.75, 3.05) is 37.8 Å². The Bertz CT molecular complexity index is 1880. The molecular weight excluding hydrogens is 835 g/mol. The number of amides is 2. The Labute approximate surface area is 322 Å². The molecule has 0 aromatic carbocycles. The molecular formula is C27H44N7O18P3S. The highest BCUT2D eigenvalue weighted by atomic mass is 32.2. The van der Waals surface area contributed by atoms with E-state index in [1.807, 2.05) is 0 Å². The van der Waals surface area contributed by atoms with E-state index in [4.69, 9.17) is 19.5 Å². The van der Waals surface area contributed by atoms with E-state index in [2.05, 4.69) is 34.4 Å². The predicted molar refractivity (Wildman–Crippen MR) is 192 cm³/mol. The Morgan fingerprint density at radius 2 is 1.70 bits per heavy atom. The Kier molecular flexibility index (Phi) is 16.8. The lowest BCUT2D eigenvalue weighted by Gasteiger charge is -2.30. The number of nitrogen functional groups attached to an aromatic ring is 1. The van der Waals surface area contributed by atoms with E-state index in [9.17, 15) is 62.7 Å². The van der Waals surface area contributed by atoms with E-state index in [0.29, 0.717) is 0 Å². The van der Waals surface area contributed by atoms with Gasteiger partial charge in [0.15, 0.2) is 22.8 Å². The molecule has 2 aromatic heterocycles. The Morgan fingerprint density at radius 3 is 2.34 bits per heavy atom. The average molecular weight is 880 g/mol. The van der Waals surface area contributed by atoms with Gasteiger partial charge < -0.3 is 50.9 Å². The number of aromatic nitrogens is 4. The number of ketones is 1. The summed E-state index contributed by atoms with van der Waals surface area (Å²) < 4.78 is 62.0. The first-order chi connectivity index (χ1) is 25.8. The minimum absolute atomic E-state index is 0.0241. The molecule has 0 spiro atoms. The summed E-state index contributed by atoms with van der Waals surface area (Å²) in [7, 11) is -16.4. The number of phosphoric acid groups is 3. The number of hydrogen-bond acceptors (Lipinski definition) is 19. The van der Waals surface area contributed by atoms with E-state index in [1.165, 1.54) is 13.8 Å². The van der Waals surface area contributed by atoms with E-state index in [0.717, 1.165) is 29.0 Å². The number of ether oxygens (including phenoxy) is 1. The molecule has 10 N–H and O–H groups in total. The molecule has 0 radical (unpaired) electrons. The maximum Gasteiger partial charge on any atom is 0.481 e. The van der Waals surface area contributed by atoms with Gasteiger partial charge in [-0.25, -0.2) is 28.6 Å². The van der Waals surface area contributed by atoms with Gasteiger partial charge in [0.2, 0.25) is 11.8 Å². The van der Waals surface area contributed by atoms with Gasteiger partial charge in [-0.1, -0.05) is 39.5 Å². The summed E-state index contributed by atoms with van der Waals surface area (Å²) in [6.07, 6.45) is -7.23. The van der Waals surface area contributed by atoms with Crippen LogP contribution in [0.4, 0.5) is 5.82 Å². The van der Waals surface area contributed by atoms with Gasteiger partial charge in [0.25, 0.3) is 0 Å². The maximum absolute atomic E-state index is 12.7. The molecule has 29 heteroatoms. The lowest BCUT2D eigenvalue weighted by Crippen LogP contribution is -2.46. The number of nitrogens with one attached hydrogen (secondary N) is 2. The third-order valence-electron chi connectivity index (χ3n) is 7.73. The highest BCUT2D eigenvalue weighted by Crippen LogP contribution is 2.61. The summed E-state index contributed by atoms with van der Waals surface area (Å²) in [5.41, 5.74) is 4.22. The molecule has 2 amide bonds. The summed E-state index contributed by atoms with van der Waals surface area (Å²) in [6, 6.07) is 0. The topological polar surface area (TPSA) is 381 Å². The van der Waals surface area contributed by atoms with Gasteiger partial charge in [0.05, 0.1) is 26.0 Å². The Hall–Kier alpha value is -2.77. The fourth-order valence-electron chi connectivity index (χ4n) is 4.69. The van der Waals surface area contributed by atoms with E-state index in [-0.39, 0.29) is 65.5 Å². The monoisotopic (exact) mass is 879 g/mol. The molecule has 3 heterocycles. The van der Waals surface area contributed by atoms with Crippen LogP contribution in [-0.4, -0.2) is 128 Å². The van der Waals surface area contributed by atoms with Gasteiger partial charge in [-0.15, -0.1) is 0 Å². The van der Waals surface area contributed by atoms with Crippen molar-refractivity contribution in [3.05, 3.63) is 12.7 Å². The lowest BCUT2D eigenvalue weighted by atomic mass is 9.87. The van der Waals surface area contributed by atoms with Crippen molar-refractivity contribution >= 4 is 74.9 Å². The smallest absolute Gasteiger partial charge is 0.386 e. The van der Waals surface area contributed by atoms with Gasteiger partial charge in [0.1, 0.15) is 42.0 Å². The molecule has 1 aliphatic heterocycles. The number of nitrogens with zero attached hydrogens (tertiary/aromatic N) is 4. The highest BCUT2D eigenvalue weighted by molar-refractivity contribution is 8.13. The third kappa shape index (κ3) is 14.3. The van der Waals surface area contributed by atoms with E-state index >= 15 is 0 Å². The van der Waals surface area contributed by atoms with E-state index < -0.39 is 84.6 Å². The third-order valence-corrected chi connectivity index (χ3v) is 11.7. The van der Waals surface area contributed by atoms with Crippen molar-refractivity contribution in [2.24, 2.45) is 11.3 Å². The molecule has 56 heavy (non-hydrogen) atoms. The second-order valence-corrected chi connectivity index (χ2v) is 18.5. The molecule has 2 aromatic rings. The van der Waals surface area contributed by atoms with Crippen LogP contribution in [0.1, 0.15) is 46.8 Å². The molecule has 0 saturated carbocycles. The van der Waals surface area contributed by atoms with Crippen LogP contribution in [0.15, 0.2) is 12.7 Å². The van der Waals surface area contributed by atoms with Gasteiger partial charge in [0, 0.05) is 36.6 Å². The van der Waals surface area contributed by atoms with Crippen LogP contribution in [0, 0.1) is 11.3 Å². The number of hydrogen-bond donors (Lipinski definition) is 9. The lowest BCUT2D eigenvalue weighted by molar-refractivity contribution is -0.137. The number of anilines is 1. The molecule has 3 rings (SSSR count). The molecule has 1 saturated heterocycles. The molecule has 25 nitrogen and oxygen atoms in total. The molecule has 7 atom stereocenters. The standard InChI is InChI=1S/C27H44N7O18P3S/c1-14(2)15(35)9-18(37)56-8-7-29-17(36)5-6-30-25(40)22(39)27(3,4)11-49-55(46,47)52-54(44,45)48-10-16-21(51-53(41,42)43)20(38)26(50-16)34-13-33-19-23(28)31-12-32-24(19)34/h12-14,16,20-22,26,38-39H,5-11H2,1-4H3,(H,29,36)(H,30,40)(H,44,45)(H,46,47)(H2,28,31,32)(H2,41,42,43)/t16-,20-,21-,22+,26-/m1/s1. The van der Waals surface area contributed by atoms with Crippen LogP contribution in [0.3, 0.4) is 0 Å². The number of imidazole rings is 1. The van der Waals surface area contributed by atoms with Crippen molar-refractivity contribution in [3.63, 3.8) is 0 Å². The molecule has 0 bridgehead atoms. The second kappa shape index (κ2) is 19.8. The van der Waals surface area contributed by atoms with Crippen LogP contribution in [0.25, 0.3) is 11.2 Å². The van der Waals surface area contributed by atoms with E-state index in [1.54, 1.807) is 13.8 Å². The zero-order valence-corrected chi connectivity index (χ0v) is 33.8. The highest BCUT2D eigenvalue weighted by Gasteiger charge is 2.50. The number of thioether (sulfide) groups is 1. The fourth-order valence-corrected chi connectivity index (χ4v) is 8.20. The number of Topliss-reactive ketones (excluding diaryl/α,β-unsaturated/α-hetero) is 1. The zero-order chi connectivity index (χ0) is 42.2. The molecule has 1 fully saturated rings. The number of nitrogens with two attached hydrogens (primary N) is 1. The summed E-state index contributed by atoms with van der Waals surface area (Å²) in [5, 5.41) is 25.9. The first-order valence-corrected chi connectivity index (χ1v) is 21.9. The normalized spacial score (nSPS) is 21.7. The van der Waals surface area contributed by atoms with Crippen LogP contribution in [0.5, 0.6) is 0 Å². The summed E-state index contributed by atoms with van der Waals surface area (Å²) in [6.45, 7) is 3.66. The first-order valence-electron chi connectivity index (χ1n) is 16.4. The van der Waals surface area contributed by atoms with Gasteiger partial charge in [-0.2, -0.15) is 4.31 Å². The number of aliphatic hydroxyl groups is 2. The number of phosphoric ester groups is 3. The maximum atomic E-state index is 12.7. The molecule has 0 aliphatic carbocycles. The number of aliphatic hydroxyl groups excluding tert-OH is 2. The summed E-state index contributed by atoms with van der Waals surface area (Å²) in [5.74, 6) is -1.78. The minimum Gasteiger partial charge on any atom is -0.386 e. The Morgan fingerprint density at radius 1 is 1.04 bits per heavy atom. The predicted octanol–water partition coefficient (Wildman–Crippen LogP) is -0.720. The van der Waals surface area contributed by atoms with Crippen molar-refractivity contribution in [1.29, 1.82) is 0 Å². The second-order valence-electron chi connectivity index (χ2n) is 13.1. The molecule has 1 aliphatic rings. The van der Waals surface area contributed by atoms with Crippen molar-refractivity contribution in [2.45, 2.75) is 71.2 Å². The van der Waals surface area contributed by atoms with Crippen LogP contribution in [0.2, 0.25) is 0 Å². The van der Waals surface area contributed by atoms with Gasteiger partial charge in [-0.3, -0.25) is 37.3 Å². The van der Waals surface area contributed by atoms with Crippen LogP contribution >= 0.6 is 35.2 Å². The average Bonchev–Trinajstić information content (AvgIpc) is 3.64. The molecule has 2 unspecified atom stereocenters. The Balaban J connectivity index is 1.48. The fraction of sp³-hybridized carbons (Fsp3) is 0.667. The van der Waals surface area contributed by atoms with Crippen LogP contribution in [-0.2, 0) is 55.5 Å². The van der Waals surface area contributed by atoms with Crippen molar-refractivity contribution in [3.8, 4) is 0 Å². The largest absolute Gasteiger partial charge is 0.481 e. The number of carbonyl (C=O) groups is 4. The SMILES string of the molecule is CC(C)C(=O)CC(=O)SCCNC(=O)CCNC(=O)[C@H](O)C(C)(C)COP(=O)(O)OP(=O)(O)OC[C@H]1O[C@@H](n2cnc3c(N)ncnc32)[C@H](O)[C@@H]1OP(=O)(O)O. The zero-order valence-electron chi connectivity index (χ0n) is 30.3.